The zero-order valence-corrected chi connectivity index (χ0v) is 14.5. The van der Waals surface area contributed by atoms with Gasteiger partial charge in [0.25, 0.3) is 0 Å². The molecule has 1 aromatic carbocycles. The third-order valence-electron chi connectivity index (χ3n) is 4.13. The Hall–Kier alpha value is -2.46. The fourth-order valence-corrected chi connectivity index (χ4v) is 2.71. The van der Waals surface area contributed by atoms with E-state index in [-0.39, 0.29) is 0 Å². The third kappa shape index (κ3) is 3.89. The van der Waals surface area contributed by atoms with Gasteiger partial charge in [-0.1, -0.05) is 24.6 Å². The molecule has 0 aliphatic carbocycles. The monoisotopic (exact) mass is 321 g/mol. The van der Waals surface area contributed by atoms with Crippen LogP contribution in [-0.2, 0) is 13.1 Å². The van der Waals surface area contributed by atoms with E-state index in [1.807, 2.05) is 31.5 Å². The molecule has 0 aliphatic heterocycles. The molecule has 124 valence electrons. The van der Waals surface area contributed by atoms with Crippen LogP contribution < -0.4 is 0 Å². The smallest absolute Gasteiger partial charge is 0.226 e. The van der Waals surface area contributed by atoms with Gasteiger partial charge in [0.15, 0.2) is 0 Å². The molecule has 0 saturated heterocycles. The largest absolute Gasteiger partial charge is 0.441 e. The van der Waals surface area contributed by atoms with Crippen LogP contribution in [0.25, 0.3) is 11.5 Å². The second-order valence-electron chi connectivity index (χ2n) is 6.05. The van der Waals surface area contributed by atoms with Gasteiger partial charge in [0, 0.05) is 31.0 Å². The fraction of sp³-hybridized carbons (Fsp3) is 0.300. The van der Waals surface area contributed by atoms with Gasteiger partial charge in [-0.2, -0.15) is 0 Å². The van der Waals surface area contributed by atoms with E-state index in [9.17, 15) is 0 Å². The quantitative estimate of drug-likeness (QED) is 0.676. The molecule has 0 unspecified atom stereocenters. The number of benzene rings is 1. The summed E-state index contributed by atoms with van der Waals surface area (Å²) in [5.41, 5.74) is 4.49. The molecule has 0 radical (unpaired) electrons. The van der Waals surface area contributed by atoms with Crippen LogP contribution in [0.3, 0.4) is 0 Å². The summed E-state index contributed by atoms with van der Waals surface area (Å²) in [5, 5.41) is 0. The van der Waals surface area contributed by atoms with E-state index in [1.165, 1.54) is 11.1 Å². The molecule has 3 aromatic rings. The molecule has 4 heteroatoms. The van der Waals surface area contributed by atoms with Gasteiger partial charge in [0.1, 0.15) is 5.76 Å². The Labute approximate surface area is 143 Å². The van der Waals surface area contributed by atoms with E-state index in [0.717, 1.165) is 36.7 Å². The molecule has 0 amide bonds. The van der Waals surface area contributed by atoms with Crippen molar-refractivity contribution in [2.24, 2.45) is 0 Å². The Morgan fingerprint density at radius 2 is 1.83 bits per heavy atom. The topological polar surface area (TPSA) is 42.2 Å². The first-order valence-electron chi connectivity index (χ1n) is 8.30. The Morgan fingerprint density at radius 3 is 2.54 bits per heavy atom. The molecular formula is C20H23N3O. The van der Waals surface area contributed by atoms with Crippen molar-refractivity contribution in [3.05, 3.63) is 71.4 Å². The normalized spacial score (nSPS) is 11.2. The standard InChI is InChI=1S/C20H23N3O/c1-4-23(13-17-8-10-21-11-9-17)14-19-16(3)24-20(22-19)18-7-5-6-15(2)12-18/h5-12H,4,13-14H2,1-3H3. The van der Waals surface area contributed by atoms with E-state index < -0.39 is 0 Å². The minimum Gasteiger partial charge on any atom is -0.441 e. The van der Waals surface area contributed by atoms with E-state index in [4.69, 9.17) is 9.40 Å². The lowest BCUT2D eigenvalue weighted by Gasteiger charge is -2.19. The summed E-state index contributed by atoms with van der Waals surface area (Å²) in [7, 11) is 0. The van der Waals surface area contributed by atoms with Crippen LogP contribution in [0.4, 0.5) is 0 Å². The fourth-order valence-electron chi connectivity index (χ4n) is 2.71. The number of aryl methyl sites for hydroxylation is 2. The molecule has 3 rings (SSSR count). The van der Waals surface area contributed by atoms with Crippen LogP contribution in [0.15, 0.2) is 53.2 Å². The Morgan fingerprint density at radius 1 is 1.04 bits per heavy atom. The molecule has 0 saturated carbocycles. The Kier molecular flexibility index (Phi) is 5.06. The van der Waals surface area contributed by atoms with Crippen molar-refractivity contribution in [2.45, 2.75) is 33.9 Å². The number of aromatic nitrogens is 2. The summed E-state index contributed by atoms with van der Waals surface area (Å²) in [4.78, 5) is 11.2. The first-order chi connectivity index (χ1) is 11.7. The lowest BCUT2D eigenvalue weighted by atomic mass is 10.1. The van der Waals surface area contributed by atoms with Gasteiger partial charge in [-0.3, -0.25) is 9.88 Å². The highest BCUT2D eigenvalue weighted by Crippen LogP contribution is 2.23. The predicted molar refractivity (Wildman–Crippen MR) is 95.4 cm³/mol. The van der Waals surface area contributed by atoms with Gasteiger partial charge >= 0.3 is 0 Å². The van der Waals surface area contributed by atoms with Crippen molar-refractivity contribution < 1.29 is 4.42 Å². The summed E-state index contributed by atoms with van der Waals surface area (Å²) in [6.45, 7) is 8.84. The van der Waals surface area contributed by atoms with Crippen molar-refractivity contribution in [3.8, 4) is 11.5 Å². The molecule has 2 heterocycles. The number of oxazole rings is 1. The van der Waals surface area contributed by atoms with E-state index in [1.54, 1.807) is 0 Å². The maximum absolute atomic E-state index is 5.90. The average Bonchev–Trinajstić information content (AvgIpc) is 2.96. The highest BCUT2D eigenvalue weighted by Gasteiger charge is 2.14. The lowest BCUT2D eigenvalue weighted by molar-refractivity contribution is 0.267. The van der Waals surface area contributed by atoms with Gasteiger partial charge in [-0.05, 0) is 50.2 Å². The minimum absolute atomic E-state index is 0.700. The maximum Gasteiger partial charge on any atom is 0.226 e. The second kappa shape index (κ2) is 7.41. The molecule has 4 nitrogen and oxygen atoms in total. The van der Waals surface area contributed by atoms with Gasteiger partial charge in [0.05, 0.1) is 5.69 Å². The van der Waals surface area contributed by atoms with Crippen molar-refractivity contribution >= 4 is 0 Å². The van der Waals surface area contributed by atoms with Crippen LogP contribution in [0.1, 0.15) is 29.5 Å². The first kappa shape index (κ1) is 16.4. The number of pyridine rings is 1. The zero-order chi connectivity index (χ0) is 16.9. The van der Waals surface area contributed by atoms with Gasteiger partial charge in [-0.25, -0.2) is 4.98 Å². The van der Waals surface area contributed by atoms with E-state index >= 15 is 0 Å². The molecule has 0 aliphatic rings. The number of hydrogen-bond acceptors (Lipinski definition) is 4. The van der Waals surface area contributed by atoms with Crippen molar-refractivity contribution in [1.29, 1.82) is 0 Å². The third-order valence-corrected chi connectivity index (χ3v) is 4.13. The summed E-state index contributed by atoms with van der Waals surface area (Å²) in [6, 6.07) is 12.4. The Balaban J connectivity index is 1.77. The predicted octanol–water partition coefficient (Wildman–Crippen LogP) is 4.38. The molecule has 24 heavy (non-hydrogen) atoms. The van der Waals surface area contributed by atoms with Crippen LogP contribution in [0, 0.1) is 13.8 Å². The SMILES string of the molecule is CCN(Cc1ccncc1)Cc1nc(-c2cccc(C)c2)oc1C. The molecule has 0 N–H and O–H groups in total. The molecule has 0 bridgehead atoms. The minimum atomic E-state index is 0.700. The average molecular weight is 321 g/mol. The maximum atomic E-state index is 5.90. The van der Waals surface area contributed by atoms with Crippen molar-refractivity contribution in [2.75, 3.05) is 6.54 Å². The van der Waals surface area contributed by atoms with Gasteiger partial charge < -0.3 is 4.42 Å². The lowest BCUT2D eigenvalue weighted by Crippen LogP contribution is -2.22. The summed E-state index contributed by atoms with van der Waals surface area (Å²) >= 11 is 0. The van der Waals surface area contributed by atoms with Crippen molar-refractivity contribution in [3.63, 3.8) is 0 Å². The van der Waals surface area contributed by atoms with Crippen molar-refractivity contribution in [1.82, 2.24) is 14.9 Å². The molecular weight excluding hydrogens is 298 g/mol. The van der Waals surface area contributed by atoms with Gasteiger partial charge in [0.2, 0.25) is 5.89 Å². The molecule has 0 fully saturated rings. The number of hydrogen-bond donors (Lipinski definition) is 0. The van der Waals surface area contributed by atoms with Crippen LogP contribution in [0.2, 0.25) is 0 Å². The van der Waals surface area contributed by atoms with Crippen LogP contribution in [0.5, 0.6) is 0 Å². The summed E-state index contributed by atoms with van der Waals surface area (Å²) in [5.74, 6) is 1.59. The first-order valence-corrected chi connectivity index (χ1v) is 8.30. The van der Waals surface area contributed by atoms with E-state index in [2.05, 4.69) is 48.0 Å². The second-order valence-corrected chi connectivity index (χ2v) is 6.05. The molecule has 0 spiro atoms. The highest BCUT2D eigenvalue weighted by molar-refractivity contribution is 5.54. The van der Waals surface area contributed by atoms with Crippen LogP contribution in [-0.4, -0.2) is 21.4 Å². The summed E-state index contributed by atoms with van der Waals surface area (Å²) < 4.78 is 5.90. The van der Waals surface area contributed by atoms with Crippen LogP contribution >= 0.6 is 0 Å². The summed E-state index contributed by atoms with van der Waals surface area (Å²) in [6.07, 6.45) is 3.67. The Bertz CT molecular complexity index is 796. The molecule has 0 atom stereocenters. The number of nitrogens with zero attached hydrogens (tertiary/aromatic N) is 3. The van der Waals surface area contributed by atoms with Gasteiger partial charge in [-0.15, -0.1) is 0 Å². The zero-order valence-electron chi connectivity index (χ0n) is 14.5. The number of rotatable bonds is 6. The molecule has 2 aromatic heterocycles. The highest BCUT2D eigenvalue weighted by atomic mass is 16.4. The van der Waals surface area contributed by atoms with E-state index in [0.29, 0.717) is 5.89 Å².